The normalized spacial score (nSPS) is 14.0. The Morgan fingerprint density at radius 3 is 1.56 bits per heavy atom. The van der Waals surface area contributed by atoms with Crippen LogP contribution in [0.5, 0.6) is 0 Å². The highest BCUT2D eigenvalue weighted by Crippen LogP contribution is 2.48. The van der Waals surface area contributed by atoms with Crippen LogP contribution < -0.4 is 5.73 Å². The zero-order valence-corrected chi connectivity index (χ0v) is 9.67. The molecular formula is C10H16F7N. The molecule has 0 aliphatic heterocycles. The number of rotatable bonds is 8. The third-order valence-corrected chi connectivity index (χ3v) is 2.51. The van der Waals surface area contributed by atoms with Gasteiger partial charge in [-0.15, -0.1) is 0 Å². The van der Waals surface area contributed by atoms with Gasteiger partial charge >= 0.3 is 18.0 Å². The summed E-state index contributed by atoms with van der Waals surface area (Å²) < 4.78 is 85.7. The molecule has 0 amide bonds. The Bertz CT molecular complexity index is 237. The predicted molar refractivity (Wildman–Crippen MR) is 52.7 cm³/mol. The summed E-state index contributed by atoms with van der Waals surface area (Å²) in [4.78, 5) is 0. The van der Waals surface area contributed by atoms with Crippen molar-refractivity contribution >= 4 is 0 Å². The van der Waals surface area contributed by atoms with Gasteiger partial charge in [-0.1, -0.05) is 19.3 Å². The Kier molecular flexibility index (Phi) is 6.39. The molecule has 0 heterocycles. The monoisotopic (exact) mass is 283 g/mol. The van der Waals surface area contributed by atoms with Crippen molar-refractivity contribution in [3.63, 3.8) is 0 Å². The molecule has 0 atom stereocenters. The zero-order valence-electron chi connectivity index (χ0n) is 9.67. The summed E-state index contributed by atoms with van der Waals surface area (Å²) in [5.74, 6) is -11.0. The molecule has 0 saturated carbocycles. The minimum Gasteiger partial charge on any atom is -0.330 e. The number of alkyl halides is 7. The molecule has 2 N–H and O–H groups in total. The van der Waals surface area contributed by atoms with E-state index in [9.17, 15) is 30.7 Å². The molecule has 0 saturated heterocycles. The van der Waals surface area contributed by atoms with E-state index < -0.39 is 24.4 Å². The number of hydrogen-bond donors (Lipinski definition) is 1. The van der Waals surface area contributed by atoms with Crippen molar-refractivity contribution in [2.24, 2.45) is 5.73 Å². The van der Waals surface area contributed by atoms with Crippen LogP contribution in [0.1, 0.15) is 38.5 Å². The van der Waals surface area contributed by atoms with Crippen molar-refractivity contribution in [1.82, 2.24) is 0 Å². The molecule has 8 heteroatoms. The molecule has 0 aliphatic carbocycles. The minimum absolute atomic E-state index is 0.184. The van der Waals surface area contributed by atoms with E-state index in [1.165, 1.54) is 0 Å². The van der Waals surface area contributed by atoms with Crippen LogP contribution >= 0.6 is 0 Å². The second kappa shape index (κ2) is 6.58. The van der Waals surface area contributed by atoms with Gasteiger partial charge in [0, 0.05) is 6.42 Å². The summed E-state index contributed by atoms with van der Waals surface area (Å²) in [6, 6.07) is 0. The Labute approximate surface area is 101 Å². The molecule has 0 aromatic rings. The van der Waals surface area contributed by atoms with Crippen molar-refractivity contribution in [3.8, 4) is 0 Å². The number of hydrogen-bond acceptors (Lipinski definition) is 1. The second-order valence-corrected chi connectivity index (χ2v) is 4.08. The maximum absolute atomic E-state index is 12.8. The second-order valence-electron chi connectivity index (χ2n) is 4.08. The first kappa shape index (κ1) is 17.5. The molecule has 0 aromatic heterocycles. The first-order chi connectivity index (χ1) is 8.06. The third kappa shape index (κ3) is 4.62. The number of nitrogens with two attached hydrogens (primary N) is 1. The summed E-state index contributed by atoms with van der Waals surface area (Å²) in [5, 5.41) is 0. The van der Waals surface area contributed by atoms with Gasteiger partial charge in [-0.25, -0.2) is 0 Å². The lowest BCUT2D eigenvalue weighted by Gasteiger charge is -2.28. The van der Waals surface area contributed by atoms with Gasteiger partial charge in [0.1, 0.15) is 0 Å². The topological polar surface area (TPSA) is 26.0 Å². The maximum Gasteiger partial charge on any atom is 0.459 e. The van der Waals surface area contributed by atoms with Gasteiger partial charge in [0.15, 0.2) is 0 Å². The van der Waals surface area contributed by atoms with Crippen LogP contribution in [0, 0.1) is 0 Å². The summed E-state index contributed by atoms with van der Waals surface area (Å²) in [5.41, 5.74) is 5.17. The summed E-state index contributed by atoms with van der Waals surface area (Å²) in [6.07, 6.45) is -6.07. The Morgan fingerprint density at radius 2 is 1.11 bits per heavy atom. The smallest absolute Gasteiger partial charge is 0.330 e. The lowest BCUT2D eigenvalue weighted by Crippen LogP contribution is -2.51. The van der Waals surface area contributed by atoms with E-state index in [1.807, 2.05) is 0 Å². The van der Waals surface area contributed by atoms with Crippen molar-refractivity contribution in [2.45, 2.75) is 56.5 Å². The third-order valence-electron chi connectivity index (χ3n) is 2.51. The van der Waals surface area contributed by atoms with E-state index in [0.29, 0.717) is 25.8 Å². The summed E-state index contributed by atoms with van der Waals surface area (Å²) in [7, 11) is 0. The molecule has 0 fully saturated rings. The first-order valence-electron chi connectivity index (χ1n) is 5.58. The van der Waals surface area contributed by atoms with Crippen LogP contribution in [0.25, 0.3) is 0 Å². The minimum atomic E-state index is -6.23. The molecule has 0 aliphatic rings. The first-order valence-corrected chi connectivity index (χ1v) is 5.58. The molecule has 0 radical (unpaired) electrons. The average Bonchev–Trinajstić information content (AvgIpc) is 2.21. The van der Waals surface area contributed by atoms with E-state index in [4.69, 9.17) is 5.73 Å². The van der Waals surface area contributed by atoms with Crippen LogP contribution in [-0.2, 0) is 0 Å². The predicted octanol–water partition coefficient (Wildman–Crippen LogP) is 4.12. The number of unbranched alkanes of at least 4 members (excludes halogenated alkanes) is 4. The SMILES string of the molecule is NCCCCCCCC(F)(F)C(F)(F)C(F)(F)F. The highest BCUT2D eigenvalue weighted by atomic mass is 19.4. The standard InChI is InChI=1S/C10H16F7N/c11-8(12,9(13,14)10(15,16)17)6-4-2-1-3-5-7-18/h1-7,18H2. The summed E-state index contributed by atoms with van der Waals surface area (Å²) >= 11 is 0. The zero-order chi connectivity index (χ0) is 14.4. The van der Waals surface area contributed by atoms with E-state index in [-0.39, 0.29) is 12.8 Å². The van der Waals surface area contributed by atoms with Gasteiger partial charge in [0.2, 0.25) is 0 Å². The maximum atomic E-state index is 12.8. The van der Waals surface area contributed by atoms with E-state index >= 15 is 0 Å². The van der Waals surface area contributed by atoms with Gasteiger partial charge in [-0.05, 0) is 19.4 Å². The summed E-state index contributed by atoms with van der Waals surface area (Å²) in [6.45, 7) is 0.433. The van der Waals surface area contributed by atoms with Crippen molar-refractivity contribution in [2.75, 3.05) is 6.54 Å². The van der Waals surface area contributed by atoms with Crippen LogP contribution in [0.3, 0.4) is 0 Å². The molecule has 18 heavy (non-hydrogen) atoms. The van der Waals surface area contributed by atoms with E-state index in [2.05, 4.69) is 0 Å². The Balaban J connectivity index is 4.15. The molecule has 0 aromatic carbocycles. The fraction of sp³-hybridized carbons (Fsp3) is 1.00. The van der Waals surface area contributed by atoms with Gasteiger partial charge < -0.3 is 5.73 Å². The van der Waals surface area contributed by atoms with Crippen LogP contribution in [0.4, 0.5) is 30.7 Å². The van der Waals surface area contributed by atoms with Gasteiger partial charge in [-0.3, -0.25) is 0 Å². The van der Waals surface area contributed by atoms with Crippen molar-refractivity contribution < 1.29 is 30.7 Å². The fourth-order valence-electron chi connectivity index (χ4n) is 1.39. The van der Waals surface area contributed by atoms with Crippen molar-refractivity contribution in [3.05, 3.63) is 0 Å². The molecule has 0 unspecified atom stereocenters. The molecule has 0 bridgehead atoms. The van der Waals surface area contributed by atoms with Crippen LogP contribution in [-0.4, -0.2) is 24.6 Å². The molecular weight excluding hydrogens is 267 g/mol. The van der Waals surface area contributed by atoms with Gasteiger partial charge in [0.25, 0.3) is 0 Å². The quantitative estimate of drug-likeness (QED) is 0.526. The van der Waals surface area contributed by atoms with Gasteiger partial charge in [0.05, 0.1) is 0 Å². The fourth-order valence-corrected chi connectivity index (χ4v) is 1.39. The molecule has 0 rings (SSSR count). The molecule has 110 valence electrons. The van der Waals surface area contributed by atoms with Crippen LogP contribution in [0.2, 0.25) is 0 Å². The van der Waals surface area contributed by atoms with E-state index in [1.54, 1.807) is 0 Å². The Hall–Kier alpha value is -0.530. The lowest BCUT2D eigenvalue weighted by atomic mass is 10.0. The molecule has 1 nitrogen and oxygen atoms in total. The van der Waals surface area contributed by atoms with Crippen LogP contribution in [0.15, 0.2) is 0 Å². The Morgan fingerprint density at radius 1 is 0.667 bits per heavy atom. The molecule has 0 spiro atoms. The highest BCUT2D eigenvalue weighted by molar-refractivity contribution is 4.90. The van der Waals surface area contributed by atoms with Crippen molar-refractivity contribution in [1.29, 1.82) is 0 Å². The lowest BCUT2D eigenvalue weighted by molar-refractivity contribution is -0.355. The average molecular weight is 283 g/mol. The van der Waals surface area contributed by atoms with Gasteiger partial charge in [-0.2, -0.15) is 30.7 Å². The highest BCUT2D eigenvalue weighted by Gasteiger charge is 2.72. The van der Waals surface area contributed by atoms with E-state index in [0.717, 1.165) is 0 Å². The largest absolute Gasteiger partial charge is 0.459 e. The number of halogens is 7.